The SMILES string of the molecule is N/C(=N\C(=O)NC1CCCCC1O)N1CCc2ccccc2C1. The lowest BCUT2D eigenvalue weighted by atomic mass is 9.93. The average Bonchev–Trinajstić information content (AvgIpc) is 2.56. The van der Waals surface area contributed by atoms with E-state index in [0.29, 0.717) is 6.54 Å². The van der Waals surface area contributed by atoms with Gasteiger partial charge in [-0.3, -0.25) is 0 Å². The number of amides is 2. The minimum absolute atomic E-state index is 0.213. The molecule has 2 aliphatic rings. The molecule has 1 aliphatic heterocycles. The number of rotatable bonds is 1. The monoisotopic (exact) mass is 316 g/mol. The minimum atomic E-state index is -0.481. The summed E-state index contributed by atoms with van der Waals surface area (Å²) in [7, 11) is 0. The lowest BCUT2D eigenvalue weighted by Crippen LogP contribution is -2.46. The zero-order valence-corrected chi connectivity index (χ0v) is 13.2. The molecule has 2 unspecified atom stereocenters. The number of aliphatic hydroxyl groups excluding tert-OH is 1. The minimum Gasteiger partial charge on any atom is -0.391 e. The summed E-state index contributed by atoms with van der Waals surface area (Å²) in [5.74, 6) is 0.238. The Bertz CT molecular complexity index is 602. The lowest BCUT2D eigenvalue weighted by Gasteiger charge is -2.30. The van der Waals surface area contributed by atoms with Gasteiger partial charge < -0.3 is 21.1 Å². The van der Waals surface area contributed by atoms with E-state index < -0.39 is 12.1 Å². The molecule has 1 aromatic rings. The first-order valence-electron chi connectivity index (χ1n) is 8.28. The largest absolute Gasteiger partial charge is 0.391 e. The van der Waals surface area contributed by atoms with Gasteiger partial charge in [-0.2, -0.15) is 4.99 Å². The number of aliphatic hydroxyl groups is 1. The Labute approximate surface area is 136 Å². The Balaban J connectivity index is 1.60. The first-order chi connectivity index (χ1) is 11.1. The third kappa shape index (κ3) is 3.82. The molecule has 0 aromatic heterocycles. The molecule has 124 valence electrons. The van der Waals surface area contributed by atoms with Crippen molar-refractivity contribution in [3.8, 4) is 0 Å². The van der Waals surface area contributed by atoms with Crippen molar-refractivity contribution in [2.45, 2.75) is 50.8 Å². The third-order valence-electron chi connectivity index (χ3n) is 4.71. The standard InChI is InChI=1S/C17H24N4O2/c18-16(20-17(23)19-14-7-3-4-8-15(14)22)21-10-9-12-5-1-2-6-13(12)11-21/h1-2,5-6,14-15,22H,3-4,7-11H2,(H3,18,19,20,23). The number of nitrogens with one attached hydrogen (secondary N) is 1. The topological polar surface area (TPSA) is 90.9 Å². The average molecular weight is 316 g/mol. The molecule has 0 spiro atoms. The van der Waals surface area contributed by atoms with Gasteiger partial charge >= 0.3 is 6.03 Å². The number of nitrogens with two attached hydrogens (primary N) is 1. The van der Waals surface area contributed by atoms with Crippen LogP contribution in [0.5, 0.6) is 0 Å². The van der Waals surface area contributed by atoms with Gasteiger partial charge in [-0.05, 0) is 30.4 Å². The number of urea groups is 1. The Kier molecular flexibility index (Phi) is 4.81. The summed E-state index contributed by atoms with van der Waals surface area (Å²) in [6, 6.07) is 7.56. The summed E-state index contributed by atoms with van der Waals surface area (Å²) in [5.41, 5.74) is 8.55. The van der Waals surface area contributed by atoms with Crippen LogP contribution in [0.3, 0.4) is 0 Å². The smallest absolute Gasteiger partial charge is 0.344 e. The maximum absolute atomic E-state index is 12.0. The van der Waals surface area contributed by atoms with Crippen molar-refractivity contribution in [3.05, 3.63) is 35.4 Å². The van der Waals surface area contributed by atoms with Crippen molar-refractivity contribution in [3.63, 3.8) is 0 Å². The van der Waals surface area contributed by atoms with E-state index in [2.05, 4.69) is 22.4 Å². The number of carbonyl (C=O) groups is 1. The predicted molar refractivity (Wildman–Crippen MR) is 89.0 cm³/mol. The molecule has 3 rings (SSSR count). The summed E-state index contributed by atoms with van der Waals surface area (Å²) < 4.78 is 0. The van der Waals surface area contributed by atoms with Crippen LogP contribution in [0.2, 0.25) is 0 Å². The molecule has 1 aromatic carbocycles. The Morgan fingerprint density at radius 3 is 2.78 bits per heavy atom. The maximum atomic E-state index is 12.0. The second-order valence-corrected chi connectivity index (χ2v) is 6.32. The van der Waals surface area contributed by atoms with E-state index in [4.69, 9.17) is 5.73 Å². The van der Waals surface area contributed by atoms with Crippen molar-refractivity contribution >= 4 is 12.0 Å². The van der Waals surface area contributed by atoms with E-state index in [9.17, 15) is 9.90 Å². The summed E-state index contributed by atoms with van der Waals surface area (Å²) in [4.78, 5) is 17.9. The molecule has 1 fully saturated rings. The van der Waals surface area contributed by atoms with E-state index >= 15 is 0 Å². The molecular weight excluding hydrogens is 292 g/mol. The first kappa shape index (κ1) is 15.8. The van der Waals surface area contributed by atoms with E-state index in [1.807, 2.05) is 17.0 Å². The number of aliphatic imine (C=N–C) groups is 1. The van der Waals surface area contributed by atoms with E-state index in [1.165, 1.54) is 11.1 Å². The van der Waals surface area contributed by atoms with Gasteiger partial charge in [0.15, 0.2) is 0 Å². The van der Waals surface area contributed by atoms with E-state index in [-0.39, 0.29) is 12.0 Å². The van der Waals surface area contributed by atoms with Crippen LogP contribution in [-0.4, -0.2) is 40.7 Å². The molecular formula is C17H24N4O2. The molecule has 1 saturated carbocycles. The van der Waals surface area contributed by atoms with Crippen molar-refractivity contribution in [1.29, 1.82) is 0 Å². The molecule has 1 aliphatic carbocycles. The van der Waals surface area contributed by atoms with Crippen LogP contribution in [0.4, 0.5) is 4.79 Å². The molecule has 6 nitrogen and oxygen atoms in total. The van der Waals surface area contributed by atoms with Gasteiger partial charge in [-0.1, -0.05) is 37.1 Å². The fraction of sp³-hybridized carbons (Fsp3) is 0.529. The number of hydrogen-bond donors (Lipinski definition) is 3. The van der Waals surface area contributed by atoms with Gasteiger partial charge in [0.25, 0.3) is 0 Å². The van der Waals surface area contributed by atoms with Crippen molar-refractivity contribution in [2.24, 2.45) is 10.7 Å². The predicted octanol–water partition coefficient (Wildman–Crippen LogP) is 1.37. The lowest BCUT2D eigenvalue weighted by molar-refractivity contribution is 0.0952. The molecule has 1 heterocycles. The normalized spacial score (nSPS) is 24.9. The van der Waals surface area contributed by atoms with Crippen molar-refractivity contribution < 1.29 is 9.90 Å². The highest BCUT2D eigenvalue weighted by molar-refractivity contribution is 5.91. The van der Waals surface area contributed by atoms with Crippen LogP contribution in [0.25, 0.3) is 0 Å². The van der Waals surface area contributed by atoms with Gasteiger partial charge in [-0.15, -0.1) is 0 Å². The molecule has 0 bridgehead atoms. The van der Waals surface area contributed by atoms with Gasteiger partial charge in [0.05, 0.1) is 12.1 Å². The molecule has 0 saturated heterocycles. The molecule has 23 heavy (non-hydrogen) atoms. The zero-order valence-electron chi connectivity index (χ0n) is 13.2. The molecule has 2 atom stereocenters. The zero-order chi connectivity index (χ0) is 16.2. The van der Waals surface area contributed by atoms with Gasteiger partial charge in [0.1, 0.15) is 0 Å². The third-order valence-corrected chi connectivity index (χ3v) is 4.71. The highest BCUT2D eigenvalue weighted by Gasteiger charge is 2.25. The fourth-order valence-corrected chi connectivity index (χ4v) is 3.34. The highest BCUT2D eigenvalue weighted by Crippen LogP contribution is 2.19. The summed E-state index contributed by atoms with van der Waals surface area (Å²) in [6.45, 7) is 1.43. The number of fused-ring (bicyclic) bond motifs is 1. The van der Waals surface area contributed by atoms with E-state index in [1.54, 1.807) is 0 Å². The van der Waals surface area contributed by atoms with Crippen LogP contribution in [0.15, 0.2) is 29.3 Å². The van der Waals surface area contributed by atoms with Gasteiger partial charge in [-0.25, -0.2) is 4.79 Å². The van der Waals surface area contributed by atoms with Crippen LogP contribution >= 0.6 is 0 Å². The molecule has 6 heteroatoms. The fourth-order valence-electron chi connectivity index (χ4n) is 3.34. The molecule has 0 radical (unpaired) electrons. The first-order valence-corrected chi connectivity index (χ1v) is 8.28. The number of benzene rings is 1. The number of carbonyl (C=O) groups excluding carboxylic acids is 1. The Hall–Kier alpha value is -2.08. The Morgan fingerprint density at radius 1 is 1.26 bits per heavy atom. The second kappa shape index (κ2) is 7.00. The number of hydrogen-bond acceptors (Lipinski definition) is 2. The molecule has 2 amide bonds. The summed E-state index contributed by atoms with van der Waals surface area (Å²) >= 11 is 0. The highest BCUT2D eigenvalue weighted by atomic mass is 16.3. The van der Waals surface area contributed by atoms with Crippen LogP contribution < -0.4 is 11.1 Å². The summed E-state index contributed by atoms with van der Waals surface area (Å²) in [6.07, 6.45) is 3.96. The number of nitrogens with zero attached hydrogens (tertiary/aromatic N) is 2. The van der Waals surface area contributed by atoms with E-state index in [0.717, 1.165) is 38.6 Å². The molecule has 4 N–H and O–H groups in total. The second-order valence-electron chi connectivity index (χ2n) is 6.32. The quantitative estimate of drug-likeness (QED) is 0.539. The van der Waals surface area contributed by atoms with Crippen molar-refractivity contribution in [2.75, 3.05) is 6.54 Å². The van der Waals surface area contributed by atoms with Gasteiger partial charge in [0.2, 0.25) is 5.96 Å². The number of guanidine groups is 1. The van der Waals surface area contributed by atoms with Crippen LogP contribution in [-0.2, 0) is 13.0 Å². The summed E-state index contributed by atoms with van der Waals surface area (Å²) in [5, 5.41) is 12.7. The maximum Gasteiger partial charge on any atom is 0.344 e. The van der Waals surface area contributed by atoms with Crippen LogP contribution in [0, 0.1) is 0 Å². The van der Waals surface area contributed by atoms with Crippen LogP contribution in [0.1, 0.15) is 36.8 Å². The van der Waals surface area contributed by atoms with Gasteiger partial charge in [0, 0.05) is 13.1 Å². The van der Waals surface area contributed by atoms with Crippen molar-refractivity contribution in [1.82, 2.24) is 10.2 Å². The Morgan fingerprint density at radius 2 is 2.00 bits per heavy atom.